The van der Waals surface area contributed by atoms with Gasteiger partial charge in [-0.3, -0.25) is 9.00 Å². The standard InChI is InChI=1S/C11H16O2S/c1-9-4-6-10(7-5-9)11(12)8-14(2,3)13/h4-7,14H,8H2,1-3H3. The summed E-state index contributed by atoms with van der Waals surface area (Å²) in [6.45, 7) is 1.97. The molecule has 0 unspecified atom stereocenters. The van der Waals surface area contributed by atoms with Crippen molar-refractivity contribution in [1.82, 2.24) is 0 Å². The Balaban J connectivity index is 2.81. The largest absolute Gasteiger partial charge is 0.293 e. The molecule has 0 aromatic heterocycles. The highest BCUT2D eigenvalue weighted by Crippen LogP contribution is 2.06. The van der Waals surface area contributed by atoms with E-state index in [0.29, 0.717) is 5.56 Å². The quantitative estimate of drug-likeness (QED) is 0.608. The van der Waals surface area contributed by atoms with Crippen molar-refractivity contribution in [3.05, 3.63) is 35.4 Å². The van der Waals surface area contributed by atoms with E-state index in [0.717, 1.165) is 5.56 Å². The van der Waals surface area contributed by atoms with E-state index in [9.17, 15) is 9.00 Å². The Bertz CT molecular complexity index is 373. The van der Waals surface area contributed by atoms with E-state index in [1.165, 1.54) is 0 Å². The van der Waals surface area contributed by atoms with Gasteiger partial charge in [0.15, 0.2) is 5.78 Å². The van der Waals surface area contributed by atoms with Gasteiger partial charge in [0.2, 0.25) is 0 Å². The summed E-state index contributed by atoms with van der Waals surface area (Å²) in [5.74, 6) is 0.133. The summed E-state index contributed by atoms with van der Waals surface area (Å²) in [5.41, 5.74) is 1.78. The Morgan fingerprint density at radius 2 is 1.71 bits per heavy atom. The molecular weight excluding hydrogens is 196 g/mol. The average Bonchev–Trinajstić information content (AvgIpc) is 2.02. The zero-order chi connectivity index (χ0) is 10.8. The monoisotopic (exact) mass is 212 g/mol. The predicted molar refractivity (Wildman–Crippen MR) is 61.8 cm³/mol. The molecule has 0 aliphatic carbocycles. The summed E-state index contributed by atoms with van der Waals surface area (Å²) >= 11 is 0. The highest BCUT2D eigenvalue weighted by Gasteiger charge is 2.10. The second-order valence-electron chi connectivity index (χ2n) is 4.02. The number of benzene rings is 1. The number of ketones is 1. The molecule has 0 bridgehead atoms. The van der Waals surface area contributed by atoms with Crippen molar-refractivity contribution in [3.63, 3.8) is 0 Å². The Hall–Kier alpha value is -0.960. The third-order valence-corrected chi connectivity index (χ3v) is 2.95. The molecule has 1 aromatic rings. The molecule has 3 heteroatoms. The molecule has 1 aromatic carbocycles. The maximum absolute atomic E-state index is 11.6. The molecule has 14 heavy (non-hydrogen) atoms. The number of rotatable bonds is 3. The van der Waals surface area contributed by atoms with Crippen molar-refractivity contribution in [2.45, 2.75) is 6.92 Å². The molecule has 0 saturated heterocycles. The summed E-state index contributed by atoms with van der Waals surface area (Å²) in [6.07, 6.45) is 3.28. The first-order valence-corrected chi connectivity index (χ1v) is 7.31. The van der Waals surface area contributed by atoms with E-state index < -0.39 is 9.93 Å². The first-order chi connectivity index (χ1) is 6.38. The van der Waals surface area contributed by atoms with Crippen molar-refractivity contribution in [2.75, 3.05) is 18.3 Å². The van der Waals surface area contributed by atoms with Crippen LogP contribution in [0.25, 0.3) is 0 Å². The molecule has 78 valence electrons. The summed E-state index contributed by atoms with van der Waals surface area (Å²) in [6, 6.07) is 7.35. The highest BCUT2D eigenvalue weighted by molar-refractivity contribution is 8.02. The average molecular weight is 212 g/mol. The van der Waals surface area contributed by atoms with Crippen LogP contribution in [0.2, 0.25) is 0 Å². The predicted octanol–water partition coefficient (Wildman–Crippen LogP) is 1.45. The van der Waals surface area contributed by atoms with Crippen molar-refractivity contribution < 1.29 is 9.00 Å². The number of hydrogen-bond acceptors (Lipinski definition) is 2. The Morgan fingerprint density at radius 3 is 2.14 bits per heavy atom. The molecule has 0 amide bonds. The summed E-state index contributed by atoms with van der Waals surface area (Å²) < 4.78 is 11.4. The maximum Gasteiger partial charge on any atom is 0.173 e. The lowest BCUT2D eigenvalue weighted by molar-refractivity contribution is 0.102. The fraction of sp³-hybridized carbons (Fsp3) is 0.364. The first kappa shape index (κ1) is 11.1. The van der Waals surface area contributed by atoms with E-state index in [1.54, 1.807) is 24.6 Å². The third kappa shape index (κ3) is 3.42. The maximum atomic E-state index is 11.6. The smallest absolute Gasteiger partial charge is 0.173 e. The van der Waals surface area contributed by atoms with Gasteiger partial charge in [-0.25, -0.2) is 0 Å². The van der Waals surface area contributed by atoms with Gasteiger partial charge in [0.1, 0.15) is 0 Å². The van der Waals surface area contributed by atoms with Gasteiger partial charge >= 0.3 is 0 Å². The van der Waals surface area contributed by atoms with Crippen LogP contribution in [0, 0.1) is 6.92 Å². The van der Waals surface area contributed by atoms with E-state index in [4.69, 9.17) is 0 Å². The van der Waals surface area contributed by atoms with Crippen LogP contribution in [0.3, 0.4) is 0 Å². The molecule has 0 spiro atoms. The van der Waals surface area contributed by atoms with Crippen LogP contribution in [0.1, 0.15) is 15.9 Å². The van der Waals surface area contributed by atoms with Crippen LogP contribution in [-0.2, 0) is 9.93 Å². The minimum absolute atomic E-state index is 0.0293. The molecule has 0 aliphatic heterocycles. The van der Waals surface area contributed by atoms with Crippen LogP contribution < -0.4 is 0 Å². The van der Waals surface area contributed by atoms with Crippen LogP contribution in [0.5, 0.6) is 0 Å². The minimum Gasteiger partial charge on any atom is -0.293 e. The molecule has 0 radical (unpaired) electrons. The van der Waals surface area contributed by atoms with Crippen molar-refractivity contribution in [3.8, 4) is 0 Å². The van der Waals surface area contributed by atoms with Crippen LogP contribution >= 0.6 is 0 Å². The molecule has 0 fully saturated rings. The Labute approximate surface area is 85.8 Å². The zero-order valence-corrected chi connectivity index (χ0v) is 9.67. The van der Waals surface area contributed by atoms with Crippen molar-refractivity contribution in [2.24, 2.45) is 0 Å². The Kier molecular flexibility index (Phi) is 3.21. The molecule has 0 aliphatic rings. The number of Topliss-reactive ketones (excluding diaryl/α,β-unsaturated/α-hetero) is 1. The lowest BCUT2D eigenvalue weighted by atomic mass is 10.1. The fourth-order valence-electron chi connectivity index (χ4n) is 1.18. The van der Waals surface area contributed by atoms with Crippen molar-refractivity contribution in [1.29, 1.82) is 0 Å². The fourth-order valence-corrected chi connectivity index (χ4v) is 2.05. The molecular formula is C11H16O2S. The lowest BCUT2D eigenvalue weighted by Gasteiger charge is -2.10. The molecule has 1 rings (SSSR count). The first-order valence-electron chi connectivity index (χ1n) is 4.52. The van der Waals surface area contributed by atoms with Gasteiger partial charge in [0.05, 0.1) is 5.75 Å². The van der Waals surface area contributed by atoms with Gasteiger partial charge in [-0.05, 0) is 19.4 Å². The molecule has 2 nitrogen and oxygen atoms in total. The van der Waals surface area contributed by atoms with Gasteiger partial charge in [-0.2, -0.15) is 0 Å². The van der Waals surface area contributed by atoms with E-state index in [2.05, 4.69) is 0 Å². The number of hydrogen-bond donors (Lipinski definition) is 1. The van der Waals surface area contributed by atoms with Gasteiger partial charge in [-0.1, -0.05) is 29.8 Å². The molecule has 0 heterocycles. The Morgan fingerprint density at radius 1 is 1.21 bits per heavy atom. The molecule has 0 atom stereocenters. The number of carbonyl (C=O) groups excluding carboxylic acids is 1. The van der Waals surface area contributed by atoms with Crippen LogP contribution in [-0.4, -0.2) is 28.3 Å². The normalized spacial score (nSPS) is 12.5. The summed E-state index contributed by atoms with van der Waals surface area (Å²) in [7, 11) is -2.25. The molecule has 0 N–H and O–H groups in total. The van der Waals surface area contributed by atoms with Crippen LogP contribution in [0.4, 0.5) is 0 Å². The van der Waals surface area contributed by atoms with Gasteiger partial charge < -0.3 is 0 Å². The van der Waals surface area contributed by atoms with Gasteiger partial charge in [0, 0.05) is 5.56 Å². The van der Waals surface area contributed by atoms with Crippen LogP contribution in [0.15, 0.2) is 24.3 Å². The second kappa shape index (κ2) is 4.05. The van der Waals surface area contributed by atoms with E-state index in [-0.39, 0.29) is 11.5 Å². The van der Waals surface area contributed by atoms with Crippen molar-refractivity contribution >= 4 is 15.7 Å². The SMILES string of the molecule is Cc1ccc(C(=O)C[SH](C)(C)=O)cc1. The number of carbonyl (C=O) groups is 1. The third-order valence-electron chi connectivity index (χ3n) is 1.90. The van der Waals surface area contributed by atoms with E-state index >= 15 is 0 Å². The van der Waals surface area contributed by atoms with E-state index in [1.807, 2.05) is 19.1 Å². The zero-order valence-electron chi connectivity index (χ0n) is 8.78. The topological polar surface area (TPSA) is 34.1 Å². The minimum atomic E-state index is -2.25. The summed E-state index contributed by atoms with van der Waals surface area (Å²) in [4.78, 5) is 11.6. The second-order valence-corrected chi connectivity index (χ2v) is 7.49. The lowest BCUT2D eigenvalue weighted by Crippen LogP contribution is -2.20. The highest BCUT2D eigenvalue weighted by atomic mass is 32.2. The number of aryl methyl sites for hydroxylation is 1. The number of thiol groups is 1. The van der Waals surface area contributed by atoms with Gasteiger partial charge in [-0.15, -0.1) is 9.93 Å². The summed E-state index contributed by atoms with van der Waals surface area (Å²) in [5, 5.41) is 0. The molecule has 0 saturated carbocycles. The van der Waals surface area contributed by atoms with Gasteiger partial charge in [0.25, 0.3) is 0 Å².